The molecule has 3 heterocycles. The first-order valence-electron chi connectivity index (χ1n) is 6.99. The van der Waals surface area contributed by atoms with E-state index in [0.717, 1.165) is 24.5 Å². The highest BCUT2D eigenvalue weighted by Crippen LogP contribution is 2.17. The molecule has 1 aliphatic heterocycles. The minimum Gasteiger partial charge on any atom is -0.355 e. The molecule has 104 valence electrons. The fraction of sp³-hybridized carbons (Fsp3) is 0.429. The van der Waals surface area contributed by atoms with Crippen molar-refractivity contribution in [1.82, 2.24) is 20.2 Å². The van der Waals surface area contributed by atoms with Crippen LogP contribution in [-0.4, -0.2) is 33.3 Å². The van der Waals surface area contributed by atoms with E-state index in [2.05, 4.69) is 30.4 Å². The molecule has 0 bridgehead atoms. The predicted octanol–water partition coefficient (Wildman–Crippen LogP) is 1.87. The van der Waals surface area contributed by atoms with E-state index in [1.165, 1.54) is 19.3 Å². The van der Waals surface area contributed by atoms with E-state index < -0.39 is 0 Å². The summed E-state index contributed by atoms with van der Waals surface area (Å²) in [6, 6.07) is 3.93. The molecule has 6 heteroatoms. The third-order valence-corrected chi connectivity index (χ3v) is 3.40. The van der Waals surface area contributed by atoms with E-state index >= 15 is 0 Å². The second-order valence-electron chi connectivity index (χ2n) is 4.90. The van der Waals surface area contributed by atoms with Gasteiger partial charge in [-0.1, -0.05) is 6.07 Å². The van der Waals surface area contributed by atoms with Gasteiger partial charge in [0, 0.05) is 32.0 Å². The Morgan fingerprint density at radius 2 is 2.05 bits per heavy atom. The Labute approximate surface area is 118 Å². The maximum atomic E-state index is 4.53. The Hall–Kier alpha value is -2.24. The van der Waals surface area contributed by atoms with Crippen molar-refractivity contribution in [3.63, 3.8) is 0 Å². The monoisotopic (exact) mass is 270 g/mol. The zero-order valence-corrected chi connectivity index (χ0v) is 11.4. The van der Waals surface area contributed by atoms with E-state index in [4.69, 9.17) is 0 Å². The van der Waals surface area contributed by atoms with Crippen molar-refractivity contribution >= 4 is 11.8 Å². The van der Waals surface area contributed by atoms with Crippen LogP contribution in [0.5, 0.6) is 0 Å². The minimum atomic E-state index is 0.567. The van der Waals surface area contributed by atoms with E-state index in [1.54, 1.807) is 12.4 Å². The van der Waals surface area contributed by atoms with E-state index in [1.807, 2.05) is 18.3 Å². The Morgan fingerprint density at radius 3 is 2.85 bits per heavy atom. The van der Waals surface area contributed by atoms with Crippen molar-refractivity contribution < 1.29 is 0 Å². The highest BCUT2D eigenvalue weighted by Gasteiger charge is 2.13. The van der Waals surface area contributed by atoms with E-state index in [9.17, 15) is 0 Å². The van der Waals surface area contributed by atoms with Crippen molar-refractivity contribution in [2.75, 3.05) is 23.3 Å². The smallest absolute Gasteiger partial charge is 0.244 e. The summed E-state index contributed by atoms with van der Waals surface area (Å²) in [5.41, 5.74) is 1.10. The Balaban J connectivity index is 1.65. The van der Waals surface area contributed by atoms with Gasteiger partial charge in [-0.3, -0.25) is 4.98 Å². The lowest BCUT2D eigenvalue weighted by atomic mass is 10.1. The van der Waals surface area contributed by atoms with Crippen LogP contribution in [-0.2, 0) is 6.54 Å². The fourth-order valence-electron chi connectivity index (χ4n) is 2.33. The largest absolute Gasteiger partial charge is 0.355 e. The first kappa shape index (κ1) is 12.8. The molecule has 1 saturated heterocycles. The Morgan fingerprint density at radius 1 is 1.15 bits per heavy atom. The van der Waals surface area contributed by atoms with Crippen LogP contribution in [0.4, 0.5) is 11.8 Å². The lowest BCUT2D eigenvalue weighted by Crippen LogP contribution is -2.30. The molecule has 20 heavy (non-hydrogen) atoms. The molecule has 0 aliphatic carbocycles. The van der Waals surface area contributed by atoms with Crippen LogP contribution in [0.15, 0.2) is 30.7 Å². The van der Waals surface area contributed by atoms with Gasteiger partial charge in [-0.15, -0.1) is 5.10 Å². The van der Waals surface area contributed by atoms with Crippen LogP contribution in [0.25, 0.3) is 0 Å². The SMILES string of the molecule is c1cncc(CNc2nncc(N3CCCCC3)n2)c1. The van der Waals surface area contributed by atoms with Crippen LogP contribution >= 0.6 is 0 Å². The molecule has 0 amide bonds. The minimum absolute atomic E-state index is 0.567. The van der Waals surface area contributed by atoms with Crippen molar-refractivity contribution in [1.29, 1.82) is 0 Å². The number of hydrogen-bond acceptors (Lipinski definition) is 6. The summed E-state index contributed by atoms with van der Waals surface area (Å²) in [6.45, 7) is 2.76. The zero-order valence-electron chi connectivity index (χ0n) is 11.4. The molecular weight excluding hydrogens is 252 g/mol. The van der Waals surface area contributed by atoms with Gasteiger partial charge in [0.1, 0.15) is 0 Å². The Bertz CT molecular complexity index is 538. The summed E-state index contributed by atoms with van der Waals surface area (Å²) in [5.74, 6) is 1.48. The van der Waals surface area contributed by atoms with Crippen LogP contribution < -0.4 is 10.2 Å². The van der Waals surface area contributed by atoms with Gasteiger partial charge in [0.2, 0.25) is 5.95 Å². The molecule has 6 nitrogen and oxygen atoms in total. The molecule has 0 unspecified atom stereocenters. The Kier molecular flexibility index (Phi) is 4.01. The molecule has 0 aromatic carbocycles. The standard InChI is InChI=1S/C14H18N6/c1-2-7-20(8-3-1)13-11-17-19-14(18-13)16-10-12-5-4-6-15-9-12/h4-6,9,11H,1-3,7-8,10H2,(H,16,18,19). The number of piperidine rings is 1. The maximum absolute atomic E-state index is 4.53. The second kappa shape index (κ2) is 6.27. The van der Waals surface area contributed by atoms with Crippen molar-refractivity contribution in [2.24, 2.45) is 0 Å². The van der Waals surface area contributed by atoms with Gasteiger partial charge >= 0.3 is 0 Å². The van der Waals surface area contributed by atoms with E-state index in [-0.39, 0.29) is 0 Å². The van der Waals surface area contributed by atoms with Crippen molar-refractivity contribution in [3.05, 3.63) is 36.3 Å². The quantitative estimate of drug-likeness (QED) is 0.915. The number of rotatable bonds is 4. The summed E-state index contributed by atoms with van der Waals surface area (Å²) in [7, 11) is 0. The normalized spacial score (nSPS) is 15.1. The van der Waals surface area contributed by atoms with Crippen molar-refractivity contribution in [3.8, 4) is 0 Å². The molecule has 2 aromatic heterocycles. The number of aromatic nitrogens is 4. The van der Waals surface area contributed by atoms with Gasteiger partial charge in [-0.2, -0.15) is 10.1 Å². The number of hydrogen-bond donors (Lipinski definition) is 1. The first-order chi connectivity index (χ1) is 9.92. The fourth-order valence-corrected chi connectivity index (χ4v) is 2.33. The predicted molar refractivity (Wildman–Crippen MR) is 77.5 cm³/mol. The lowest BCUT2D eigenvalue weighted by Gasteiger charge is -2.27. The topological polar surface area (TPSA) is 66.8 Å². The summed E-state index contributed by atoms with van der Waals surface area (Å²) >= 11 is 0. The molecule has 0 atom stereocenters. The highest BCUT2D eigenvalue weighted by molar-refractivity contribution is 5.40. The molecule has 0 radical (unpaired) electrons. The van der Waals surface area contributed by atoms with E-state index in [0.29, 0.717) is 12.5 Å². The van der Waals surface area contributed by atoms with Crippen LogP contribution in [0.2, 0.25) is 0 Å². The highest BCUT2D eigenvalue weighted by atomic mass is 15.3. The molecule has 1 fully saturated rings. The summed E-state index contributed by atoms with van der Waals surface area (Å²) in [4.78, 5) is 10.9. The number of nitrogens with one attached hydrogen (secondary N) is 1. The van der Waals surface area contributed by atoms with Crippen molar-refractivity contribution in [2.45, 2.75) is 25.8 Å². The number of nitrogens with zero attached hydrogens (tertiary/aromatic N) is 5. The van der Waals surface area contributed by atoms with Gasteiger partial charge in [0.25, 0.3) is 0 Å². The first-order valence-corrected chi connectivity index (χ1v) is 6.99. The summed E-state index contributed by atoms with van der Waals surface area (Å²) < 4.78 is 0. The van der Waals surface area contributed by atoms with Gasteiger partial charge in [0.05, 0.1) is 6.20 Å². The molecule has 0 saturated carbocycles. The average Bonchev–Trinajstić information content (AvgIpc) is 2.55. The summed E-state index contributed by atoms with van der Waals surface area (Å²) in [6.07, 6.45) is 9.08. The van der Waals surface area contributed by atoms with Crippen LogP contribution in [0, 0.1) is 0 Å². The third kappa shape index (κ3) is 3.20. The van der Waals surface area contributed by atoms with Gasteiger partial charge < -0.3 is 10.2 Å². The molecule has 1 aliphatic rings. The second-order valence-corrected chi connectivity index (χ2v) is 4.90. The molecule has 3 rings (SSSR count). The van der Waals surface area contributed by atoms with Gasteiger partial charge in [0.15, 0.2) is 5.82 Å². The third-order valence-electron chi connectivity index (χ3n) is 3.40. The zero-order chi connectivity index (χ0) is 13.6. The number of anilines is 2. The average molecular weight is 270 g/mol. The van der Waals surface area contributed by atoms with Crippen LogP contribution in [0.1, 0.15) is 24.8 Å². The molecule has 0 spiro atoms. The number of pyridine rings is 1. The summed E-state index contributed by atoms with van der Waals surface area (Å²) in [5, 5.41) is 11.3. The van der Waals surface area contributed by atoms with Gasteiger partial charge in [-0.25, -0.2) is 0 Å². The van der Waals surface area contributed by atoms with Crippen LogP contribution in [0.3, 0.4) is 0 Å². The maximum Gasteiger partial charge on any atom is 0.244 e. The van der Waals surface area contributed by atoms with Gasteiger partial charge in [-0.05, 0) is 30.9 Å². The molecule has 2 aromatic rings. The lowest BCUT2D eigenvalue weighted by molar-refractivity contribution is 0.572. The molecule has 1 N–H and O–H groups in total. The molecular formula is C14H18N6.